The molecule has 0 radical (unpaired) electrons. The van der Waals surface area contributed by atoms with Crippen molar-refractivity contribution in [1.82, 2.24) is 9.97 Å². The molecule has 0 unspecified atom stereocenters. The number of anilines is 1. The van der Waals surface area contributed by atoms with Gasteiger partial charge in [-0.3, -0.25) is 9.78 Å². The zero-order valence-corrected chi connectivity index (χ0v) is 12.0. The molecule has 5 heteroatoms. The molecule has 4 nitrogen and oxygen atoms in total. The number of aromatic nitrogens is 2. The van der Waals surface area contributed by atoms with E-state index in [-0.39, 0.29) is 5.56 Å². The van der Waals surface area contributed by atoms with E-state index >= 15 is 0 Å². The Labute approximate surface area is 126 Å². The molecule has 0 amide bonds. The second kappa shape index (κ2) is 5.97. The Morgan fingerprint density at radius 3 is 2.76 bits per heavy atom. The monoisotopic (exact) mass is 299 g/mol. The summed E-state index contributed by atoms with van der Waals surface area (Å²) in [6.45, 7) is 0.700. The number of benzene rings is 2. The standard InChI is InChI=1S/C16H14ClN3O/c17-12-6-7-14-13(10-12)15(21)20-16(19-14)18-9-8-11-4-2-1-3-5-11/h1-7,10H,8-9H2,(H2,18,19,20,21). The average Bonchev–Trinajstić information content (AvgIpc) is 2.49. The van der Waals surface area contributed by atoms with Crippen molar-refractivity contribution in [2.75, 3.05) is 11.9 Å². The number of nitrogens with zero attached hydrogens (tertiary/aromatic N) is 1. The first-order chi connectivity index (χ1) is 10.2. The van der Waals surface area contributed by atoms with E-state index in [9.17, 15) is 4.79 Å². The second-order valence-corrected chi connectivity index (χ2v) is 5.17. The number of aromatic amines is 1. The number of H-pyrrole nitrogens is 1. The van der Waals surface area contributed by atoms with E-state index in [2.05, 4.69) is 27.4 Å². The van der Waals surface area contributed by atoms with Crippen LogP contribution < -0.4 is 10.9 Å². The summed E-state index contributed by atoms with van der Waals surface area (Å²) >= 11 is 5.89. The molecule has 21 heavy (non-hydrogen) atoms. The van der Waals surface area contributed by atoms with Crippen molar-refractivity contribution >= 4 is 28.5 Å². The van der Waals surface area contributed by atoms with Crippen molar-refractivity contribution in [2.45, 2.75) is 6.42 Å². The van der Waals surface area contributed by atoms with Crippen LogP contribution in [-0.2, 0) is 6.42 Å². The topological polar surface area (TPSA) is 57.8 Å². The molecular formula is C16H14ClN3O. The quantitative estimate of drug-likeness (QED) is 0.777. The van der Waals surface area contributed by atoms with Crippen LogP contribution in [0.15, 0.2) is 53.3 Å². The summed E-state index contributed by atoms with van der Waals surface area (Å²) in [5.41, 5.74) is 1.68. The van der Waals surface area contributed by atoms with Crippen molar-refractivity contribution in [3.05, 3.63) is 69.5 Å². The minimum atomic E-state index is -0.190. The van der Waals surface area contributed by atoms with Crippen LogP contribution in [0.4, 0.5) is 5.95 Å². The van der Waals surface area contributed by atoms with Crippen molar-refractivity contribution in [3.8, 4) is 0 Å². The number of rotatable bonds is 4. The largest absolute Gasteiger partial charge is 0.355 e. The number of hydrogen-bond acceptors (Lipinski definition) is 3. The number of hydrogen-bond donors (Lipinski definition) is 2. The van der Waals surface area contributed by atoms with Gasteiger partial charge < -0.3 is 5.32 Å². The van der Waals surface area contributed by atoms with Crippen LogP contribution in [0.3, 0.4) is 0 Å². The van der Waals surface area contributed by atoms with E-state index in [4.69, 9.17) is 11.6 Å². The number of fused-ring (bicyclic) bond motifs is 1. The molecule has 0 atom stereocenters. The summed E-state index contributed by atoms with van der Waals surface area (Å²) in [7, 11) is 0. The molecule has 0 fully saturated rings. The van der Waals surface area contributed by atoms with E-state index in [1.807, 2.05) is 18.2 Å². The Balaban J connectivity index is 1.76. The summed E-state index contributed by atoms with van der Waals surface area (Å²) < 4.78 is 0. The van der Waals surface area contributed by atoms with Crippen LogP contribution in [-0.4, -0.2) is 16.5 Å². The first kappa shape index (κ1) is 13.6. The van der Waals surface area contributed by atoms with Crippen LogP contribution in [0, 0.1) is 0 Å². The first-order valence-electron chi connectivity index (χ1n) is 6.70. The summed E-state index contributed by atoms with van der Waals surface area (Å²) in [6, 6.07) is 15.2. The Kier molecular flexibility index (Phi) is 3.88. The molecule has 1 heterocycles. The summed E-state index contributed by atoms with van der Waals surface area (Å²) in [4.78, 5) is 19.1. The van der Waals surface area contributed by atoms with Crippen LogP contribution >= 0.6 is 11.6 Å². The fraction of sp³-hybridized carbons (Fsp3) is 0.125. The van der Waals surface area contributed by atoms with Crippen LogP contribution in [0.25, 0.3) is 10.9 Å². The van der Waals surface area contributed by atoms with Crippen LogP contribution in [0.2, 0.25) is 5.02 Å². The lowest BCUT2D eigenvalue weighted by atomic mass is 10.1. The van der Waals surface area contributed by atoms with Gasteiger partial charge in [0.1, 0.15) is 0 Å². The van der Waals surface area contributed by atoms with E-state index < -0.39 is 0 Å². The van der Waals surface area contributed by atoms with Crippen molar-refractivity contribution in [2.24, 2.45) is 0 Å². The average molecular weight is 300 g/mol. The molecule has 0 spiro atoms. The predicted molar refractivity (Wildman–Crippen MR) is 86.0 cm³/mol. The van der Waals surface area contributed by atoms with Crippen LogP contribution in [0.1, 0.15) is 5.56 Å². The van der Waals surface area contributed by atoms with Gasteiger partial charge in [-0.1, -0.05) is 41.9 Å². The highest BCUT2D eigenvalue weighted by Gasteiger charge is 2.04. The van der Waals surface area contributed by atoms with Crippen LogP contribution in [0.5, 0.6) is 0 Å². The minimum Gasteiger partial charge on any atom is -0.355 e. The smallest absolute Gasteiger partial charge is 0.260 e. The Morgan fingerprint density at radius 1 is 1.14 bits per heavy atom. The highest BCUT2D eigenvalue weighted by Crippen LogP contribution is 2.15. The Bertz CT molecular complexity index is 815. The maximum Gasteiger partial charge on any atom is 0.260 e. The maximum atomic E-state index is 12.0. The summed E-state index contributed by atoms with van der Waals surface area (Å²) in [5.74, 6) is 0.478. The van der Waals surface area contributed by atoms with Gasteiger partial charge in [-0.15, -0.1) is 0 Å². The lowest BCUT2D eigenvalue weighted by molar-refractivity contribution is 0.985. The van der Waals surface area contributed by atoms with Gasteiger partial charge in [0, 0.05) is 11.6 Å². The van der Waals surface area contributed by atoms with Gasteiger partial charge in [0.15, 0.2) is 0 Å². The molecule has 1 aromatic heterocycles. The van der Waals surface area contributed by atoms with E-state index in [1.165, 1.54) is 5.56 Å². The van der Waals surface area contributed by atoms with Crippen molar-refractivity contribution in [1.29, 1.82) is 0 Å². The fourth-order valence-corrected chi connectivity index (χ4v) is 2.34. The number of nitrogens with one attached hydrogen (secondary N) is 2. The fourth-order valence-electron chi connectivity index (χ4n) is 2.16. The van der Waals surface area contributed by atoms with Gasteiger partial charge in [-0.25, -0.2) is 4.98 Å². The molecule has 106 valence electrons. The van der Waals surface area contributed by atoms with Gasteiger partial charge in [-0.05, 0) is 30.2 Å². The first-order valence-corrected chi connectivity index (χ1v) is 7.07. The van der Waals surface area contributed by atoms with E-state index in [0.29, 0.717) is 28.4 Å². The van der Waals surface area contributed by atoms with Gasteiger partial charge in [0.2, 0.25) is 5.95 Å². The van der Waals surface area contributed by atoms with Gasteiger partial charge >= 0.3 is 0 Å². The number of halogens is 1. The van der Waals surface area contributed by atoms with Crippen molar-refractivity contribution in [3.63, 3.8) is 0 Å². The Morgan fingerprint density at radius 2 is 1.95 bits per heavy atom. The summed E-state index contributed by atoms with van der Waals surface area (Å²) in [5, 5.41) is 4.16. The van der Waals surface area contributed by atoms with Gasteiger partial charge in [0.25, 0.3) is 5.56 Å². The van der Waals surface area contributed by atoms with E-state index in [0.717, 1.165) is 6.42 Å². The third-order valence-electron chi connectivity index (χ3n) is 3.22. The maximum absolute atomic E-state index is 12.0. The van der Waals surface area contributed by atoms with Gasteiger partial charge in [-0.2, -0.15) is 0 Å². The minimum absolute atomic E-state index is 0.190. The third-order valence-corrected chi connectivity index (χ3v) is 3.45. The highest BCUT2D eigenvalue weighted by atomic mass is 35.5. The molecule has 3 aromatic rings. The molecule has 0 aliphatic rings. The molecule has 2 N–H and O–H groups in total. The molecule has 0 saturated heterocycles. The lowest BCUT2D eigenvalue weighted by Gasteiger charge is -2.06. The molecule has 0 aliphatic carbocycles. The molecule has 0 bridgehead atoms. The zero-order valence-electron chi connectivity index (χ0n) is 11.3. The molecular weight excluding hydrogens is 286 g/mol. The molecule has 2 aromatic carbocycles. The van der Waals surface area contributed by atoms with E-state index in [1.54, 1.807) is 18.2 Å². The van der Waals surface area contributed by atoms with Gasteiger partial charge in [0.05, 0.1) is 10.9 Å². The normalized spacial score (nSPS) is 10.7. The zero-order chi connectivity index (χ0) is 14.7. The highest BCUT2D eigenvalue weighted by molar-refractivity contribution is 6.31. The van der Waals surface area contributed by atoms with Crippen molar-refractivity contribution < 1.29 is 0 Å². The lowest BCUT2D eigenvalue weighted by Crippen LogP contribution is -2.14. The molecule has 0 aliphatic heterocycles. The SMILES string of the molecule is O=c1[nH]c(NCCc2ccccc2)nc2ccc(Cl)cc12. The molecule has 0 saturated carbocycles. The molecule has 3 rings (SSSR count). The third kappa shape index (κ3) is 3.23. The Hall–Kier alpha value is -2.33. The second-order valence-electron chi connectivity index (χ2n) is 4.74. The summed E-state index contributed by atoms with van der Waals surface area (Å²) in [6.07, 6.45) is 0.864. The predicted octanol–water partition coefficient (Wildman–Crippen LogP) is 3.23.